The molecule has 0 unspecified atom stereocenters. The van der Waals surface area contributed by atoms with Gasteiger partial charge in [-0.2, -0.15) is 0 Å². The number of rotatable bonds is 7. The molecular formula is C30H38Cl2N4O. The van der Waals surface area contributed by atoms with Crippen molar-refractivity contribution in [2.45, 2.75) is 50.1 Å². The summed E-state index contributed by atoms with van der Waals surface area (Å²) in [6, 6.07) is 24.9. The average molecular weight is 542 g/mol. The Bertz CT molecular complexity index is 1180. The van der Waals surface area contributed by atoms with E-state index in [0.717, 1.165) is 61.3 Å². The van der Waals surface area contributed by atoms with Gasteiger partial charge in [-0.25, -0.2) is 0 Å². The van der Waals surface area contributed by atoms with Crippen molar-refractivity contribution in [3.63, 3.8) is 0 Å². The van der Waals surface area contributed by atoms with Crippen LogP contribution >= 0.6 is 24.8 Å². The lowest BCUT2D eigenvalue weighted by Gasteiger charge is -2.31. The first kappa shape index (κ1) is 29.0. The molecule has 1 amide bonds. The van der Waals surface area contributed by atoms with Gasteiger partial charge in [-0.3, -0.25) is 4.79 Å². The molecule has 3 aromatic rings. The van der Waals surface area contributed by atoms with Gasteiger partial charge in [-0.1, -0.05) is 55.5 Å². The molecule has 0 bridgehead atoms. The van der Waals surface area contributed by atoms with Crippen molar-refractivity contribution in [1.82, 2.24) is 4.90 Å². The normalized spacial score (nSPS) is 21.3. The van der Waals surface area contributed by atoms with Gasteiger partial charge in [0, 0.05) is 40.0 Å². The van der Waals surface area contributed by atoms with Crippen LogP contribution in [0, 0.1) is 0 Å². The van der Waals surface area contributed by atoms with Crippen LogP contribution in [0.5, 0.6) is 0 Å². The molecule has 2 fully saturated rings. The molecular weight excluding hydrogens is 503 g/mol. The van der Waals surface area contributed by atoms with Crippen LogP contribution in [0.15, 0.2) is 72.8 Å². The van der Waals surface area contributed by atoms with E-state index in [9.17, 15) is 4.79 Å². The summed E-state index contributed by atoms with van der Waals surface area (Å²) >= 11 is 0. The lowest BCUT2D eigenvalue weighted by Crippen LogP contribution is -2.36. The second-order valence-electron chi connectivity index (χ2n) is 10.3. The number of halogens is 2. The van der Waals surface area contributed by atoms with Crippen molar-refractivity contribution in [3.8, 4) is 11.1 Å². The van der Waals surface area contributed by atoms with Gasteiger partial charge in [0.1, 0.15) is 0 Å². The van der Waals surface area contributed by atoms with Gasteiger partial charge < -0.3 is 21.3 Å². The first-order chi connectivity index (χ1) is 16.9. The van der Waals surface area contributed by atoms with Crippen LogP contribution < -0.4 is 16.4 Å². The molecule has 7 heteroatoms. The van der Waals surface area contributed by atoms with Gasteiger partial charge in [0.2, 0.25) is 0 Å². The van der Waals surface area contributed by atoms with Crippen LogP contribution in [-0.4, -0.2) is 42.5 Å². The zero-order chi connectivity index (χ0) is 24.4. The van der Waals surface area contributed by atoms with Crippen LogP contribution in [0.4, 0.5) is 11.4 Å². The van der Waals surface area contributed by atoms with E-state index in [1.54, 1.807) is 0 Å². The van der Waals surface area contributed by atoms with Crippen molar-refractivity contribution < 1.29 is 4.79 Å². The fraction of sp³-hybridized carbons (Fsp3) is 0.367. The number of nitrogens with zero attached hydrogens (tertiary/aromatic N) is 1. The first-order valence-corrected chi connectivity index (χ1v) is 12.8. The molecule has 4 N–H and O–H groups in total. The minimum Gasteiger partial charge on any atom is -0.382 e. The molecule has 5 nitrogen and oxygen atoms in total. The van der Waals surface area contributed by atoms with Crippen molar-refractivity contribution in [1.29, 1.82) is 0 Å². The molecule has 37 heavy (non-hydrogen) atoms. The van der Waals surface area contributed by atoms with Gasteiger partial charge in [0.25, 0.3) is 5.91 Å². The van der Waals surface area contributed by atoms with E-state index >= 15 is 0 Å². The fourth-order valence-electron chi connectivity index (χ4n) is 5.21. The molecule has 3 aromatic carbocycles. The maximum Gasteiger partial charge on any atom is 0.255 e. The highest BCUT2D eigenvalue weighted by atomic mass is 35.5. The predicted octanol–water partition coefficient (Wildman–Crippen LogP) is 6.55. The van der Waals surface area contributed by atoms with Crippen molar-refractivity contribution in [3.05, 3.63) is 83.9 Å². The van der Waals surface area contributed by atoms with E-state index in [1.165, 1.54) is 5.56 Å². The summed E-state index contributed by atoms with van der Waals surface area (Å²) in [5.74, 6) is 0.327. The minimum atomic E-state index is -0.100. The number of carbonyl (C=O) groups is 1. The third-order valence-corrected chi connectivity index (χ3v) is 7.79. The summed E-state index contributed by atoms with van der Waals surface area (Å²) in [4.78, 5) is 15.5. The van der Waals surface area contributed by atoms with Gasteiger partial charge in [0.05, 0.1) is 0 Å². The van der Waals surface area contributed by atoms with Gasteiger partial charge in [-0.15, -0.1) is 24.8 Å². The number of piperidine rings is 1. The molecule has 0 aromatic heterocycles. The number of hydrogen-bond acceptors (Lipinski definition) is 4. The maximum atomic E-state index is 13.2. The summed E-state index contributed by atoms with van der Waals surface area (Å²) in [5.41, 5.74) is 12.3. The Labute approximate surface area is 233 Å². The van der Waals surface area contributed by atoms with Crippen molar-refractivity contribution in [2.24, 2.45) is 5.73 Å². The van der Waals surface area contributed by atoms with E-state index in [1.807, 2.05) is 30.3 Å². The zero-order valence-electron chi connectivity index (χ0n) is 21.6. The fourth-order valence-corrected chi connectivity index (χ4v) is 5.21. The molecule has 0 spiro atoms. The Morgan fingerprint density at radius 1 is 1.00 bits per heavy atom. The second kappa shape index (κ2) is 12.3. The minimum absolute atomic E-state index is 0. The maximum absolute atomic E-state index is 13.2. The number of benzene rings is 3. The number of amides is 1. The summed E-state index contributed by atoms with van der Waals surface area (Å²) in [6.07, 6.45) is 4.21. The monoisotopic (exact) mass is 540 g/mol. The highest BCUT2D eigenvalue weighted by molar-refractivity contribution is 6.05. The summed E-state index contributed by atoms with van der Waals surface area (Å²) in [6.45, 7) is 4.31. The molecule has 1 saturated carbocycles. The summed E-state index contributed by atoms with van der Waals surface area (Å²) < 4.78 is 0. The Morgan fingerprint density at radius 2 is 1.68 bits per heavy atom. The van der Waals surface area contributed by atoms with E-state index in [2.05, 4.69) is 72.0 Å². The van der Waals surface area contributed by atoms with E-state index in [4.69, 9.17) is 5.73 Å². The summed E-state index contributed by atoms with van der Waals surface area (Å²) in [5, 5.41) is 6.82. The largest absolute Gasteiger partial charge is 0.382 e. The molecule has 2 aliphatic rings. The Balaban J connectivity index is 0.00000190. The Kier molecular flexibility index (Phi) is 9.65. The second-order valence-corrected chi connectivity index (χ2v) is 10.3. The van der Waals surface area contributed by atoms with E-state index in [-0.39, 0.29) is 36.3 Å². The number of hydrogen-bond donors (Lipinski definition) is 3. The third kappa shape index (κ3) is 6.66. The zero-order valence-corrected chi connectivity index (χ0v) is 23.2. The molecule has 5 rings (SSSR count). The average Bonchev–Trinajstić information content (AvgIpc) is 3.58. The molecule has 0 radical (unpaired) electrons. The standard InChI is InChI=1S/C30H36N4O.2ClH/c1-3-30(31)20-27(30)22-9-12-24(13-10-22)33-29(35)23-11-14-26(21-7-5-4-6-8-21)28(19-23)32-25-15-17-34(2)18-16-25;;/h4-14,19,25,27,32H,3,15-18,20,31H2,1-2H3,(H,33,35);2*1H/t27-,30-;;/m0../s1. The smallest absolute Gasteiger partial charge is 0.255 e. The van der Waals surface area contributed by atoms with Crippen molar-refractivity contribution in [2.75, 3.05) is 30.8 Å². The third-order valence-electron chi connectivity index (χ3n) is 7.79. The number of likely N-dealkylation sites (tertiary alicyclic amines) is 1. The molecule has 1 heterocycles. The quantitative estimate of drug-likeness (QED) is 0.317. The molecule has 1 saturated heterocycles. The van der Waals surface area contributed by atoms with E-state index < -0.39 is 0 Å². The summed E-state index contributed by atoms with van der Waals surface area (Å²) in [7, 11) is 2.17. The van der Waals surface area contributed by atoms with Crippen molar-refractivity contribution >= 4 is 42.1 Å². The van der Waals surface area contributed by atoms with Crippen LogP contribution in [0.3, 0.4) is 0 Å². The SMILES string of the molecule is CC[C@]1(N)C[C@H]1c1ccc(NC(=O)c2ccc(-c3ccccc3)c(NC3CCN(C)CC3)c2)cc1.Cl.Cl. The molecule has 198 valence electrons. The predicted molar refractivity (Wildman–Crippen MR) is 159 cm³/mol. The van der Waals surface area contributed by atoms with Crippen LogP contribution in [0.25, 0.3) is 11.1 Å². The van der Waals surface area contributed by atoms with Gasteiger partial charge in [0.15, 0.2) is 0 Å². The number of carbonyl (C=O) groups excluding carboxylic acids is 1. The lowest BCUT2D eigenvalue weighted by atomic mass is 9.98. The lowest BCUT2D eigenvalue weighted by molar-refractivity contribution is 0.102. The van der Waals surface area contributed by atoms with Gasteiger partial charge in [-0.05, 0) is 81.2 Å². The van der Waals surface area contributed by atoms with Crippen LogP contribution in [-0.2, 0) is 0 Å². The number of nitrogens with two attached hydrogens (primary N) is 1. The van der Waals surface area contributed by atoms with Crippen LogP contribution in [0.1, 0.15) is 54.4 Å². The number of nitrogens with one attached hydrogen (secondary N) is 2. The highest BCUT2D eigenvalue weighted by Gasteiger charge is 2.49. The molecule has 2 atom stereocenters. The Hall–Kier alpha value is -2.57. The highest BCUT2D eigenvalue weighted by Crippen LogP contribution is 2.51. The van der Waals surface area contributed by atoms with Crippen LogP contribution in [0.2, 0.25) is 0 Å². The first-order valence-electron chi connectivity index (χ1n) is 12.8. The molecule has 1 aliphatic heterocycles. The molecule has 1 aliphatic carbocycles. The number of anilines is 2. The topological polar surface area (TPSA) is 70.4 Å². The Morgan fingerprint density at radius 3 is 2.30 bits per heavy atom. The van der Waals surface area contributed by atoms with E-state index in [0.29, 0.717) is 17.5 Å². The van der Waals surface area contributed by atoms with Gasteiger partial charge >= 0.3 is 0 Å².